The molecule has 5 nitrogen and oxygen atoms in total. The van der Waals surface area contributed by atoms with E-state index >= 15 is 0 Å². The average molecular weight is 284 g/mol. The number of hydrogen-bond donors (Lipinski definition) is 2. The largest absolute Gasteiger partial charge is 0.454 e. The smallest absolute Gasteiger partial charge is 0.231 e. The number of ether oxygens (including phenoxy) is 3. The SMILES string of the molecule is N=C(N)c1ccc(COCc2ccc3c(c2)OCO3)cc1. The van der Waals surface area contributed by atoms with Crippen LogP contribution in [0.3, 0.4) is 0 Å². The van der Waals surface area contributed by atoms with Crippen LogP contribution in [-0.2, 0) is 18.0 Å². The number of fused-ring (bicyclic) bond motifs is 1. The number of rotatable bonds is 5. The molecule has 0 aromatic heterocycles. The minimum atomic E-state index is 0.0721. The number of hydrogen-bond acceptors (Lipinski definition) is 4. The molecular weight excluding hydrogens is 268 g/mol. The Morgan fingerprint density at radius 1 is 1.00 bits per heavy atom. The Labute approximate surface area is 122 Å². The van der Waals surface area contributed by atoms with Crippen molar-refractivity contribution in [3.05, 3.63) is 59.2 Å². The second-order valence-corrected chi connectivity index (χ2v) is 4.79. The third-order valence-corrected chi connectivity index (χ3v) is 3.24. The topological polar surface area (TPSA) is 77.6 Å². The molecule has 0 atom stereocenters. The van der Waals surface area contributed by atoms with Crippen LogP contribution in [0.15, 0.2) is 42.5 Å². The van der Waals surface area contributed by atoms with E-state index in [-0.39, 0.29) is 12.6 Å². The molecule has 0 unspecified atom stereocenters. The van der Waals surface area contributed by atoms with E-state index in [0.29, 0.717) is 13.2 Å². The molecule has 108 valence electrons. The number of nitrogens with one attached hydrogen (secondary N) is 1. The lowest BCUT2D eigenvalue weighted by Gasteiger charge is -2.06. The summed E-state index contributed by atoms with van der Waals surface area (Å²) < 4.78 is 16.3. The maximum Gasteiger partial charge on any atom is 0.231 e. The highest BCUT2D eigenvalue weighted by Gasteiger charge is 2.12. The monoisotopic (exact) mass is 284 g/mol. The molecule has 3 N–H and O–H groups in total. The van der Waals surface area contributed by atoms with E-state index in [1.807, 2.05) is 42.5 Å². The van der Waals surface area contributed by atoms with E-state index < -0.39 is 0 Å². The van der Waals surface area contributed by atoms with Crippen LogP contribution < -0.4 is 15.2 Å². The van der Waals surface area contributed by atoms with Crippen LogP contribution in [0.25, 0.3) is 0 Å². The predicted molar refractivity (Wildman–Crippen MR) is 78.5 cm³/mol. The van der Waals surface area contributed by atoms with Crippen molar-refractivity contribution in [2.75, 3.05) is 6.79 Å². The Kier molecular flexibility index (Phi) is 3.75. The molecule has 1 aliphatic heterocycles. The Morgan fingerprint density at radius 2 is 1.67 bits per heavy atom. The van der Waals surface area contributed by atoms with Crippen LogP contribution in [0, 0.1) is 5.41 Å². The molecule has 0 amide bonds. The normalized spacial score (nSPS) is 12.4. The van der Waals surface area contributed by atoms with E-state index in [0.717, 1.165) is 28.2 Å². The first-order valence-corrected chi connectivity index (χ1v) is 6.62. The van der Waals surface area contributed by atoms with Gasteiger partial charge in [-0.2, -0.15) is 0 Å². The van der Waals surface area contributed by atoms with Crippen molar-refractivity contribution in [3.63, 3.8) is 0 Å². The molecule has 0 saturated heterocycles. The standard InChI is InChI=1S/C16H16N2O3/c17-16(18)13-4-1-11(2-5-13)8-19-9-12-3-6-14-15(7-12)21-10-20-14/h1-7H,8-10H2,(H3,17,18). The lowest BCUT2D eigenvalue weighted by atomic mass is 10.1. The summed E-state index contributed by atoms with van der Waals surface area (Å²) >= 11 is 0. The summed E-state index contributed by atoms with van der Waals surface area (Å²) in [4.78, 5) is 0. The van der Waals surface area contributed by atoms with E-state index in [4.69, 9.17) is 25.4 Å². The third-order valence-electron chi connectivity index (χ3n) is 3.24. The van der Waals surface area contributed by atoms with Gasteiger partial charge in [-0.3, -0.25) is 5.41 Å². The van der Waals surface area contributed by atoms with E-state index in [9.17, 15) is 0 Å². The zero-order valence-electron chi connectivity index (χ0n) is 11.5. The second-order valence-electron chi connectivity index (χ2n) is 4.79. The van der Waals surface area contributed by atoms with Crippen LogP contribution in [0.5, 0.6) is 11.5 Å². The molecule has 0 aliphatic carbocycles. The molecular formula is C16H16N2O3. The van der Waals surface area contributed by atoms with Gasteiger partial charge in [0.1, 0.15) is 5.84 Å². The fourth-order valence-electron chi connectivity index (χ4n) is 2.10. The van der Waals surface area contributed by atoms with Gasteiger partial charge in [0, 0.05) is 5.56 Å². The van der Waals surface area contributed by atoms with Gasteiger partial charge in [-0.25, -0.2) is 0 Å². The van der Waals surface area contributed by atoms with Crippen LogP contribution in [0.2, 0.25) is 0 Å². The maximum absolute atomic E-state index is 7.34. The van der Waals surface area contributed by atoms with Gasteiger partial charge in [0.25, 0.3) is 0 Å². The summed E-state index contributed by atoms with van der Waals surface area (Å²) in [7, 11) is 0. The van der Waals surface area contributed by atoms with Crippen LogP contribution in [-0.4, -0.2) is 12.6 Å². The number of nitrogens with two attached hydrogens (primary N) is 1. The zero-order chi connectivity index (χ0) is 14.7. The fourth-order valence-corrected chi connectivity index (χ4v) is 2.10. The van der Waals surface area contributed by atoms with Crippen molar-refractivity contribution in [3.8, 4) is 11.5 Å². The van der Waals surface area contributed by atoms with E-state index in [1.165, 1.54) is 0 Å². The van der Waals surface area contributed by atoms with Crippen molar-refractivity contribution < 1.29 is 14.2 Å². The third kappa shape index (κ3) is 3.14. The van der Waals surface area contributed by atoms with Gasteiger partial charge in [0.2, 0.25) is 6.79 Å². The summed E-state index contributed by atoms with van der Waals surface area (Å²) in [6, 6.07) is 13.3. The van der Waals surface area contributed by atoms with Crippen molar-refractivity contribution in [1.82, 2.24) is 0 Å². The molecule has 1 heterocycles. The van der Waals surface area contributed by atoms with Gasteiger partial charge < -0.3 is 19.9 Å². The molecule has 0 spiro atoms. The average Bonchev–Trinajstić information content (AvgIpc) is 2.95. The van der Waals surface area contributed by atoms with Gasteiger partial charge in [0.05, 0.1) is 13.2 Å². The molecule has 1 aliphatic rings. The Morgan fingerprint density at radius 3 is 2.43 bits per heavy atom. The minimum absolute atomic E-state index is 0.0721. The molecule has 0 bridgehead atoms. The van der Waals surface area contributed by atoms with Gasteiger partial charge in [-0.05, 0) is 23.3 Å². The van der Waals surface area contributed by atoms with Crippen molar-refractivity contribution >= 4 is 5.84 Å². The van der Waals surface area contributed by atoms with Crippen LogP contribution >= 0.6 is 0 Å². The second kappa shape index (κ2) is 5.85. The summed E-state index contributed by atoms with van der Waals surface area (Å²) in [6.45, 7) is 1.29. The predicted octanol–water partition coefficient (Wildman–Crippen LogP) is 2.42. The summed E-state index contributed by atoms with van der Waals surface area (Å²) in [5.41, 5.74) is 8.22. The minimum Gasteiger partial charge on any atom is -0.454 e. The molecule has 0 fully saturated rings. The summed E-state index contributed by atoms with van der Waals surface area (Å²) in [6.07, 6.45) is 0. The van der Waals surface area contributed by atoms with Gasteiger partial charge in [-0.1, -0.05) is 30.3 Å². The lowest BCUT2D eigenvalue weighted by molar-refractivity contribution is 0.107. The molecule has 2 aromatic carbocycles. The van der Waals surface area contributed by atoms with Crippen molar-refractivity contribution in [1.29, 1.82) is 5.41 Å². The quantitative estimate of drug-likeness (QED) is 0.653. The highest BCUT2D eigenvalue weighted by atomic mass is 16.7. The van der Waals surface area contributed by atoms with E-state index in [1.54, 1.807) is 0 Å². The summed E-state index contributed by atoms with van der Waals surface area (Å²) in [5, 5.41) is 7.34. The van der Waals surface area contributed by atoms with Crippen molar-refractivity contribution in [2.24, 2.45) is 5.73 Å². The summed E-state index contributed by atoms with van der Waals surface area (Å²) in [5.74, 6) is 1.61. The first-order chi connectivity index (χ1) is 10.2. The fraction of sp³-hybridized carbons (Fsp3) is 0.188. The van der Waals surface area contributed by atoms with Crippen LogP contribution in [0.4, 0.5) is 0 Å². The molecule has 0 radical (unpaired) electrons. The van der Waals surface area contributed by atoms with Gasteiger partial charge in [-0.15, -0.1) is 0 Å². The molecule has 21 heavy (non-hydrogen) atoms. The van der Waals surface area contributed by atoms with Crippen LogP contribution in [0.1, 0.15) is 16.7 Å². The van der Waals surface area contributed by atoms with E-state index in [2.05, 4.69) is 0 Å². The highest BCUT2D eigenvalue weighted by Crippen LogP contribution is 2.32. The molecule has 3 rings (SSSR count). The number of benzene rings is 2. The zero-order valence-corrected chi connectivity index (χ0v) is 11.5. The maximum atomic E-state index is 7.34. The molecule has 0 saturated carbocycles. The van der Waals surface area contributed by atoms with Gasteiger partial charge in [0.15, 0.2) is 11.5 Å². The lowest BCUT2D eigenvalue weighted by Crippen LogP contribution is -2.10. The first-order valence-electron chi connectivity index (χ1n) is 6.62. The first kappa shape index (κ1) is 13.5. The Hall–Kier alpha value is -2.53. The van der Waals surface area contributed by atoms with Crippen molar-refractivity contribution in [2.45, 2.75) is 13.2 Å². The highest BCUT2D eigenvalue weighted by molar-refractivity contribution is 5.94. The Bertz CT molecular complexity index is 653. The Balaban J connectivity index is 1.55. The number of amidine groups is 1. The molecule has 2 aromatic rings. The molecule has 5 heteroatoms. The van der Waals surface area contributed by atoms with Gasteiger partial charge >= 0.3 is 0 Å². The number of nitrogen functional groups attached to an aromatic ring is 1.